The zero-order chi connectivity index (χ0) is 15.8. The van der Waals surface area contributed by atoms with Crippen LogP contribution in [-0.2, 0) is 11.8 Å². The van der Waals surface area contributed by atoms with Crippen LogP contribution in [0.5, 0.6) is 0 Å². The standard InChI is InChI=1S/C20H29NO/c1-4-6-13-20(3,14-7-5-2)19-16-18(21-22-19)15-17-11-9-8-10-12-17/h8-12,16H,4-7,13-15H2,1-3H3. The molecule has 0 bridgehead atoms. The third kappa shape index (κ3) is 4.46. The summed E-state index contributed by atoms with van der Waals surface area (Å²) in [7, 11) is 0. The molecule has 2 aromatic rings. The van der Waals surface area contributed by atoms with Crippen molar-refractivity contribution in [1.29, 1.82) is 0 Å². The van der Waals surface area contributed by atoms with Gasteiger partial charge in [-0.15, -0.1) is 0 Å². The van der Waals surface area contributed by atoms with Crippen LogP contribution in [0.15, 0.2) is 40.9 Å². The molecule has 1 heterocycles. The smallest absolute Gasteiger partial charge is 0.142 e. The number of nitrogens with zero attached hydrogens (tertiary/aromatic N) is 1. The van der Waals surface area contributed by atoms with Crippen molar-refractivity contribution in [2.24, 2.45) is 0 Å². The summed E-state index contributed by atoms with van der Waals surface area (Å²) in [5.41, 5.74) is 2.46. The van der Waals surface area contributed by atoms with E-state index in [1.54, 1.807) is 0 Å². The van der Waals surface area contributed by atoms with Gasteiger partial charge in [0.15, 0.2) is 0 Å². The van der Waals surface area contributed by atoms with E-state index in [9.17, 15) is 0 Å². The first-order valence-corrected chi connectivity index (χ1v) is 8.68. The van der Waals surface area contributed by atoms with Crippen molar-refractivity contribution >= 4 is 0 Å². The number of unbranched alkanes of at least 4 members (excludes halogenated alkanes) is 2. The average Bonchev–Trinajstić information content (AvgIpc) is 3.01. The lowest BCUT2D eigenvalue weighted by molar-refractivity contribution is 0.265. The molecule has 0 atom stereocenters. The molecule has 0 amide bonds. The fourth-order valence-electron chi connectivity index (χ4n) is 2.99. The average molecular weight is 299 g/mol. The van der Waals surface area contributed by atoms with E-state index in [1.807, 2.05) is 6.07 Å². The highest BCUT2D eigenvalue weighted by molar-refractivity contribution is 5.23. The van der Waals surface area contributed by atoms with Crippen LogP contribution in [0.2, 0.25) is 0 Å². The number of hydrogen-bond donors (Lipinski definition) is 0. The Kier molecular flexibility index (Phi) is 6.23. The summed E-state index contributed by atoms with van der Waals surface area (Å²) >= 11 is 0. The molecule has 0 unspecified atom stereocenters. The van der Waals surface area contributed by atoms with E-state index < -0.39 is 0 Å². The molecule has 2 heteroatoms. The van der Waals surface area contributed by atoms with Crippen LogP contribution in [-0.4, -0.2) is 5.16 Å². The maximum Gasteiger partial charge on any atom is 0.142 e. The first-order valence-electron chi connectivity index (χ1n) is 8.68. The van der Waals surface area contributed by atoms with E-state index >= 15 is 0 Å². The first-order chi connectivity index (χ1) is 10.7. The quantitative estimate of drug-likeness (QED) is 0.576. The van der Waals surface area contributed by atoms with Crippen LogP contribution in [0.25, 0.3) is 0 Å². The monoisotopic (exact) mass is 299 g/mol. The number of aromatic nitrogens is 1. The van der Waals surface area contributed by atoms with Crippen LogP contribution < -0.4 is 0 Å². The number of hydrogen-bond acceptors (Lipinski definition) is 2. The predicted molar refractivity (Wildman–Crippen MR) is 92.2 cm³/mol. The molecule has 120 valence electrons. The summed E-state index contributed by atoms with van der Waals surface area (Å²) in [6.45, 7) is 6.84. The summed E-state index contributed by atoms with van der Waals surface area (Å²) < 4.78 is 5.75. The van der Waals surface area contributed by atoms with E-state index in [-0.39, 0.29) is 5.41 Å². The third-order valence-corrected chi connectivity index (χ3v) is 4.55. The van der Waals surface area contributed by atoms with Crippen molar-refractivity contribution in [3.05, 3.63) is 53.4 Å². The van der Waals surface area contributed by atoms with Gasteiger partial charge in [-0.05, 0) is 18.4 Å². The molecular formula is C20H29NO. The molecule has 0 saturated heterocycles. The summed E-state index contributed by atoms with van der Waals surface area (Å²) in [6, 6.07) is 12.7. The molecule has 0 aliphatic heterocycles. The number of rotatable bonds is 9. The molecular weight excluding hydrogens is 270 g/mol. The van der Waals surface area contributed by atoms with Crippen LogP contribution in [0, 0.1) is 0 Å². The van der Waals surface area contributed by atoms with Crippen molar-refractivity contribution < 1.29 is 4.52 Å². The normalized spacial score (nSPS) is 11.8. The lowest BCUT2D eigenvalue weighted by Gasteiger charge is -2.26. The van der Waals surface area contributed by atoms with Crippen LogP contribution in [0.3, 0.4) is 0 Å². The zero-order valence-corrected chi connectivity index (χ0v) is 14.3. The molecule has 0 spiro atoms. The van der Waals surface area contributed by atoms with Crippen molar-refractivity contribution in [2.45, 2.75) is 71.1 Å². The Morgan fingerprint density at radius 1 is 1.00 bits per heavy atom. The van der Waals surface area contributed by atoms with Crippen LogP contribution in [0.1, 0.15) is 76.3 Å². The Labute approximate surface area is 134 Å². The lowest BCUT2D eigenvalue weighted by Crippen LogP contribution is -2.21. The molecule has 0 aliphatic carbocycles. The molecule has 0 saturated carbocycles. The van der Waals surface area contributed by atoms with E-state index in [1.165, 1.54) is 44.1 Å². The highest BCUT2D eigenvalue weighted by atomic mass is 16.5. The van der Waals surface area contributed by atoms with Crippen molar-refractivity contribution in [3.63, 3.8) is 0 Å². The topological polar surface area (TPSA) is 26.0 Å². The van der Waals surface area contributed by atoms with E-state index in [0.717, 1.165) is 17.9 Å². The molecule has 0 radical (unpaired) electrons. The van der Waals surface area contributed by atoms with Gasteiger partial charge >= 0.3 is 0 Å². The van der Waals surface area contributed by atoms with Gasteiger partial charge in [0, 0.05) is 17.9 Å². The minimum absolute atomic E-state index is 0.133. The fraction of sp³-hybridized carbons (Fsp3) is 0.550. The molecule has 1 aromatic carbocycles. The van der Waals surface area contributed by atoms with Crippen molar-refractivity contribution in [3.8, 4) is 0 Å². The zero-order valence-electron chi connectivity index (χ0n) is 14.3. The Balaban J connectivity index is 2.11. The minimum Gasteiger partial charge on any atom is -0.361 e. The summed E-state index contributed by atoms with van der Waals surface area (Å²) in [5, 5.41) is 4.32. The van der Waals surface area contributed by atoms with E-state index in [4.69, 9.17) is 4.52 Å². The van der Waals surface area contributed by atoms with Gasteiger partial charge < -0.3 is 4.52 Å². The molecule has 0 fully saturated rings. The first kappa shape index (κ1) is 16.8. The van der Waals surface area contributed by atoms with Crippen LogP contribution in [0.4, 0.5) is 0 Å². The third-order valence-electron chi connectivity index (χ3n) is 4.55. The Bertz CT molecular complexity index is 536. The van der Waals surface area contributed by atoms with Gasteiger partial charge in [-0.2, -0.15) is 0 Å². The second-order valence-electron chi connectivity index (χ2n) is 6.61. The Morgan fingerprint density at radius 2 is 1.64 bits per heavy atom. The van der Waals surface area contributed by atoms with E-state index in [0.29, 0.717) is 0 Å². The van der Waals surface area contributed by atoms with Crippen molar-refractivity contribution in [2.75, 3.05) is 0 Å². The Hall–Kier alpha value is -1.57. The molecule has 22 heavy (non-hydrogen) atoms. The maximum absolute atomic E-state index is 5.75. The van der Waals surface area contributed by atoms with Crippen LogP contribution >= 0.6 is 0 Å². The molecule has 2 nitrogen and oxygen atoms in total. The summed E-state index contributed by atoms with van der Waals surface area (Å²) in [5.74, 6) is 1.07. The van der Waals surface area contributed by atoms with Gasteiger partial charge in [0.25, 0.3) is 0 Å². The van der Waals surface area contributed by atoms with Gasteiger partial charge in [-0.25, -0.2) is 0 Å². The SMILES string of the molecule is CCCCC(C)(CCCC)c1cc(Cc2ccccc2)no1. The van der Waals surface area contributed by atoms with Gasteiger partial charge in [0.1, 0.15) is 5.76 Å². The number of benzene rings is 1. The fourth-order valence-corrected chi connectivity index (χ4v) is 2.99. The van der Waals surface area contributed by atoms with Gasteiger partial charge in [0.05, 0.1) is 5.69 Å². The van der Waals surface area contributed by atoms with Gasteiger partial charge in [0.2, 0.25) is 0 Å². The molecule has 1 aromatic heterocycles. The largest absolute Gasteiger partial charge is 0.361 e. The Morgan fingerprint density at radius 3 is 2.23 bits per heavy atom. The second kappa shape index (κ2) is 8.17. The summed E-state index contributed by atoms with van der Waals surface area (Å²) in [4.78, 5) is 0. The second-order valence-corrected chi connectivity index (χ2v) is 6.61. The van der Waals surface area contributed by atoms with Gasteiger partial charge in [-0.1, -0.05) is 81.9 Å². The molecule has 0 N–H and O–H groups in total. The highest BCUT2D eigenvalue weighted by Crippen LogP contribution is 2.35. The predicted octanol–water partition coefficient (Wildman–Crippen LogP) is 5.90. The van der Waals surface area contributed by atoms with Crippen molar-refractivity contribution in [1.82, 2.24) is 5.16 Å². The molecule has 2 rings (SSSR count). The highest BCUT2D eigenvalue weighted by Gasteiger charge is 2.30. The van der Waals surface area contributed by atoms with E-state index in [2.05, 4.69) is 56.3 Å². The molecule has 0 aliphatic rings. The minimum atomic E-state index is 0.133. The maximum atomic E-state index is 5.75. The van der Waals surface area contributed by atoms with Gasteiger partial charge in [-0.3, -0.25) is 0 Å². The lowest BCUT2D eigenvalue weighted by atomic mass is 9.78. The summed E-state index contributed by atoms with van der Waals surface area (Å²) in [6.07, 6.45) is 8.16.